The van der Waals surface area contributed by atoms with Crippen molar-refractivity contribution in [3.05, 3.63) is 23.8 Å². The number of nitrogens with one attached hydrogen (secondary N) is 1. The van der Waals surface area contributed by atoms with Crippen molar-refractivity contribution in [2.75, 3.05) is 11.9 Å². The van der Waals surface area contributed by atoms with Gasteiger partial charge in [-0.2, -0.15) is 0 Å². The molecule has 0 saturated carbocycles. The quantitative estimate of drug-likeness (QED) is 0.698. The van der Waals surface area contributed by atoms with Crippen LogP contribution in [0.4, 0.5) is 5.69 Å². The maximum atomic E-state index is 9.36. The summed E-state index contributed by atoms with van der Waals surface area (Å²) in [5.41, 5.74) is 1.92. The summed E-state index contributed by atoms with van der Waals surface area (Å²) in [5.74, 6) is 0.326. The van der Waals surface area contributed by atoms with E-state index in [1.807, 2.05) is 26.0 Å². The number of phenolic OH excluding ortho intramolecular Hbond substituents is 1. The maximum absolute atomic E-state index is 9.36. The lowest BCUT2D eigenvalue weighted by molar-refractivity contribution is 0.477. The van der Waals surface area contributed by atoms with Crippen molar-refractivity contribution in [3.8, 4) is 5.75 Å². The molecule has 1 aromatic carbocycles. The molecule has 0 spiro atoms. The topological polar surface area (TPSA) is 32.3 Å². The molecule has 0 fully saturated rings. The van der Waals surface area contributed by atoms with Crippen LogP contribution >= 0.6 is 12.4 Å². The van der Waals surface area contributed by atoms with Gasteiger partial charge in [-0.1, -0.05) is 12.1 Å². The molecule has 0 heterocycles. The summed E-state index contributed by atoms with van der Waals surface area (Å²) < 4.78 is 0. The van der Waals surface area contributed by atoms with Crippen LogP contribution in [-0.4, -0.2) is 11.7 Å². The second-order valence-electron chi connectivity index (χ2n) is 2.50. The van der Waals surface area contributed by atoms with Crippen molar-refractivity contribution in [1.82, 2.24) is 0 Å². The molecule has 0 aliphatic heterocycles. The lowest BCUT2D eigenvalue weighted by Gasteiger charge is -2.08. The minimum Gasteiger partial charge on any atom is -0.506 e. The summed E-state index contributed by atoms with van der Waals surface area (Å²) >= 11 is 0. The molecule has 0 unspecified atom stereocenters. The highest BCUT2D eigenvalue weighted by atomic mass is 35.5. The van der Waals surface area contributed by atoms with Crippen molar-refractivity contribution in [2.45, 2.75) is 13.8 Å². The number of anilines is 1. The highest BCUT2D eigenvalue weighted by molar-refractivity contribution is 5.85. The first-order valence-corrected chi connectivity index (χ1v) is 3.78. The first-order chi connectivity index (χ1) is 5.25. The molecule has 0 saturated heterocycles. The normalized spacial score (nSPS) is 8.83. The van der Waals surface area contributed by atoms with E-state index in [2.05, 4.69) is 5.32 Å². The molecule has 12 heavy (non-hydrogen) atoms. The zero-order valence-electron chi connectivity index (χ0n) is 7.29. The number of aryl methyl sites for hydroxylation is 1. The van der Waals surface area contributed by atoms with Crippen LogP contribution in [0.25, 0.3) is 0 Å². The molecule has 0 bridgehead atoms. The number of hydrogen-bond acceptors (Lipinski definition) is 2. The predicted molar refractivity (Wildman–Crippen MR) is 54.3 cm³/mol. The number of aromatic hydroxyl groups is 1. The fraction of sp³-hybridized carbons (Fsp3) is 0.333. The lowest BCUT2D eigenvalue weighted by Crippen LogP contribution is -1.98. The van der Waals surface area contributed by atoms with E-state index in [0.717, 1.165) is 17.8 Å². The van der Waals surface area contributed by atoms with Gasteiger partial charge in [0.2, 0.25) is 0 Å². The number of phenols is 1. The van der Waals surface area contributed by atoms with Crippen molar-refractivity contribution < 1.29 is 5.11 Å². The van der Waals surface area contributed by atoms with Crippen molar-refractivity contribution in [1.29, 1.82) is 0 Å². The van der Waals surface area contributed by atoms with E-state index in [-0.39, 0.29) is 12.4 Å². The molecule has 2 nitrogen and oxygen atoms in total. The summed E-state index contributed by atoms with van der Waals surface area (Å²) in [6.07, 6.45) is 0. The van der Waals surface area contributed by atoms with Crippen molar-refractivity contribution in [2.24, 2.45) is 0 Å². The summed E-state index contributed by atoms with van der Waals surface area (Å²) in [6.45, 7) is 4.81. The number of halogens is 1. The van der Waals surface area contributed by atoms with Crippen molar-refractivity contribution >= 4 is 18.1 Å². The molecule has 0 aromatic heterocycles. The summed E-state index contributed by atoms with van der Waals surface area (Å²) in [6, 6.07) is 5.49. The average Bonchev–Trinajstić information content (AvgIpc) is 1.97. The zero-order valence-corrected chi connectivity index (χ0v) is 8.11. The molecule has 0 atom stereocenters. The Hall–Kier alpha value is -0.890. The van der Waals surface area contributed by atoms with Gasteiger partial charge in [-0.05, 0) is 25.5 Å². The third-order valence-corrected chi connectivity index (χ3v) is 1.60. The minimum absolute atomic E-state index is 0. The molecule has 3 heteroatoms. The summed E-state index contributed by atoms with van der Waals surface area (Å²) in [5, 5.41) is 12.5. The minimum atomic E-state index is 0. The Kier molecular flexibility index (Phi) is 4.52. The molecule has 2 N–H and O–H groups in total. The monoisotopic (exact) mass is 187 g/mol. The van der Waals surface area contributed by atoms with Crippen LogP contribution < -0.4 is 5.32 Å². The van der Waals surface area contributed by atoms with E-state index in [1.54, 1.807) is 6.07 Å². The van der Waals surface area contributed by atoms with E-state index in [4.69, 9.17) is 0 Å². The number of benzene rings is 1. The number of rotatable bonds is 2. The van der Waals surface area contributed by atoms with Crippen molar-refractivity contribution in [3.63, 3.8) is 0 Å². The Morgan fingerprint density at radius 1 is 1.42 bits per heavy atom. The second-order valence-corrected chi connectivity index (χ2v) is 2.50. The highest BCUT2D eigenvalue weighted by Gasteiger charge is 2.00. The van der Waals surface area contributed by atoms with Crippen LogP contribution in [0.5, 0.6) is 5.75 Å². The van der Waals surface area contributed by atoms with E-state index in [9.17, 15) is 5.11 Å². The molecule has 1 rings (SSSR count). The predicted octanol–water partition coefficient (Wildman–Crippen LogP) is 2.55. The van der Waals surface area contributed by atoms with Crippen LogP contribution in [0.15, 0.2) is 18.2 Å². The van der Waals surface area contributed by atoms with E-state index >= 15 is 0 Å². The van der Waals surface area contributed by atoms with Crippen LogP contribution in [-0.2, 0) is 0 Å². The van der Waals surface area contributed by atoms with Crippen LogP contribution in [0.2, 0.25) is 0 Å². The summed E-state index contributed by atoms with van der Waals surface area (Å²) in [4.78, 5) is 0. The Labute approximate surface area is 79.0 Å². The van der Waals surface area contributed by atoms with Gasteiger partial charge in [0.25, 0.3) is 0 Å². The van der Waals surface area contributed by atoms with Gasteiger partial charge in [-0.3, -0.25) is 0 Å². The van der Waals surface area contributed by atoms with Gasteiger partial charge in [0.15, 0.2) is 0 Å². The maximum Gasteiger partial charge on any atom is 0.138 e. The molecule has 0 radical (unpaired) electrons. The number of hydrogen-bond donors (Lipinski definition) is 2. The van der Waals surface area contributed by atoms with Gasteiger partial charge in [0.1, 0.15) is 5.75 Å². The molecular formula is C9H14ClNO. The fourth-order valence-electron chi connectivity index (χ4n) is 1.06. The Morgan fingerprint density at radius 3 is 2.58 bits per heavy atom. The van der Waals surface area contributed by atoms with Crippen LogP contribution in [0.3, 0.4) is 0 Å². The average molecular weight is 188 g/mol. The second kappa shape index (κ2) is 4.88. The fourth-order valence-corrected chi connectivity index (χ4v) is 1.06. The van der Waals surface area contributed by atoms with Gasteiger partial charge in [0.05, 0.1) is 5.69 Å². The van der Waals surface area contributed by atoms with Crippen LogP contribution in [0.1, 0.15) is 12.5 Å². The zero-order chi connectivity index (χ0) is 8.27. The van der Waals surface area contributed by atoms with E-state index < -0.39 is 0 Å². The van der Waals surface area contributed by atoms with Crippen LogP contribution in [0, 0.1) is 6.92 Å². The molecule has 68 valence electrons. The molecule has 0 amide bonds. The third kappa shape index (κ3) is 2.31. The van der Waals surface area contributed by atoms with E-state index in [0.29, 0.717) is 5.75 Å². The Balaban J connectivity index is 0.00000121. The van der Waals surface area contributed by atoms with Gasteiger partial charge in [0, 0.05) is 6.54 Å². The standard InChI is InChI=1S/C9H13NO.ClH/c1-3-10-9-7(2)5-4-6-8(9)11;/h4-6,10-11H,3H2,1-2H3;1H. The molecule has 1 aromatic rings. The van der Waals surface area contributed by atoms with Gasteiger partial charge in [-0.25, -0.2) is 0 Å². The molecular weight excluding hydrogens is 174 g/mol. The largest absolute Gasteiger partial charge is 0.506 e. The Bertz CT molecular complexity index is 230. The highest BCUT2D eigenvalue weighted by Crippen LogP contribution is 2.25. The summed E-state index contributed by atoms with van der Waals surface area (Å²) in [7, 11) is 0. The molecule has 0 aliphatic carbocycles. The lowest BCUT2D eigenvalue weighted by atomic mass is 10.2. The number of para-hydroxylation sites is 1. The van der Waals surface area contributed by atoms with Gasteiger partial charge >= 0.3 is 0 Å². The SMILES string of the molecule is CCNc1c(C)cccc1O.Cl. The first kappa shape index (κ1) is 11.1. The smallest absolute Gasteiger partial charge is 0.138 e. The van der Waals surface area contributed by atoms with Gasteiger partial charge < -0.3 is 10.4 Å². The van der Waals surface area contributed by atoms with Gasteiger partial charge in [-0.15, -0.1) is 12.4 Å². The third-order valence-electron chi connectivity index (χ3n) is 1.60. The van der Waals surface area contributed by atoms with E-state index in [1.165, 1.54) is 0 Å². The Morgan fingerprint density at radius 2 is 2.08 bits per heavy atom. The molecule has 0 aliphatic rings. The first-order valence-electron chi connectivity index (χ1n) is 3.78.